The molecule has 0 unspecified atom stereocenters. The number of hydrogen-bond donors (Lipinski definition) is 0. The minimum Gasteiger partial charge on any atom is -0.268 e. The lowest BCUT2D eigenvalue weighted by molar-refractivity contribution is 0.556. The number of thiophene rings is 1. The van der Waals surface area contributed by atoms with Gasteiger partial charge in [-0.2, -0.15) is 0 Å². The van der Waals surface area contributed by atoms with Crippen molar-refractivity contribution < 1.29 is 0 Å². The maximum absolute atomic E-state index is 14.3. The van der Waals surface area contributed by atoms with Crippen LogP contribution in [0.25, 0.3) is 64.3 Å². The van der Waals surface area contributed by atoms with Gasteiger partial charge in [-0.05, 0) is 73.2 Å². The van der Waals surface area contributed by atoms with E-state index < -0.39 is 0 Å². The standard InChI is InChI=1S/C48H58N4O2S/c1-3-5-7-9-11-13-15-17-19-21-23-33-25-29-37-39(31-33)51-45(49-37)43-41-35(47(51)53)27-28-36-42(41)44(55-43)46-50-38-30-26-34(32-40(38)52(46)48(36)54)24-22-20-18-16-14-12-10-8-6-4-2/h25-32H,3-24H2,1-2H3. The van der Waals surface area contributed by atoms with Crippen LogP contribution in [0.2, 0.25) is 0 Å². The third kappa shape index (κ3) is 7.58. The number of nitrogens with zero attached hydrogens (tertiary/aromatic N) is 4. The quantitative estimate of drug-likeness (QED) is 0.0510. The van der Waals surface area contributed by atoms with E-state index in [9.17, 15) is 9.59 Å². The summed E-state index contributed by atoms with van der Waals surface area (Å²) in [4.78, 5) is 38.7. The number of hydrogen-bond acceptors (Lipinski definition) is 5. The zero-order valence-electron chi connectivity index (χ0n) is 33.2. The Labute approximate surface area is 328 Å². The molecule has 55 heavy (non-hydrogen) atoms. The topological polar surface area (TPSA) is 68.7 Å². The summed E-state index contributed by atoms with van der Waals surface area (Å²) in [5.74, 6) is 0. The molecule has 8 rings (SSSR count). The minimum atomic E-state index is -0.0693. The predicted octanol–water partition coefficient (Wildman–Crippen LogP) is 13.3. The van der Waals surface area contributed by atoms with Crippen molar-refractivity contribution in [3.63, 3.8) is 0 Å². The van der Waals surface area contributed by atoms with Gasteiger partial charge in [0.15, 0.2) is 11.3 Å². The summed E-state index contributed by atoms with van der Waals surface area (Å²) in [6, 6.07) is 16.6. The van der Waals surface area contributed by atoms with Crippen LogP contribution in [0, 0.1) is 0 Å². The van der Waals surface area contributed by atoms with Crippen LogP contribution in [0.3, 0.4) is 0 Å². The summed E-state index contributed by atoms with van der Waals surface area (Å²) in [5.41, 5.74) is 7.14. The van der Waals surface area contributed by atoms with Crippen molar-refractivity contribution in [3.8, 4) is 0 Å². The average Bonchev–Trinajstić information content (AvgIpc) is 3.90. The smallest absolute Gasteiger partial charge is 0.264 e. The van der Waals surface area contributed by atoms with Crippen LogP contribution >= 0.6 is 11.3 Å². The highest BCUT2D eigenvalue weighted by molar-refractivity contribution is 7.27. The SMILES string of the molecule is CCCCCCCCCCCCc1ccc2nc3c4sc5c6c(ccc(c(=O)n3c2c1)c46)c(=O)n1c2cc(CCCCCCCCCCCC)ccc2nc51. The second kappa shape index (κ2) is 17.4. The number of fused-ring (bicyclic) bond motifs is 8. The fourth-order valence-corrected chi connectivity index (χ4v) is 10.4. The van der Waals surface area contributed by atoms with E-state index in [0.29, 0.717) is 22.1 Å². The van der Waals surface area contributed by atoms with E-state index in [1.165, 1.54) is 127 Å². The molecule has 0 radical (unpaired) electrons. The van der Waals surface area contributed by atoms with Gasteiger partial charge in [-0.15, -0.1) is 11.3 Å². The minimum absolute atomic E-state index is 0.0693. The van der Waals surface area contributed by atoms with Crippen molar-refractivity contribution in [3.05, 3.63) is 80.4 Å². The maximum Gasteiger partial charge on any atom is 0.264 e. The second-order valence-corrected chi connectivity index (χ2v) is 17.4. The van der Waals surface area contributed by atoms with Crippen LogP contribution in [0.5, 0.6) is 0 Å². The first-order valence-electron chi connectivity index (χ1n) is 21.8. The van der Waals surface area contributed by atoms with Crippen molar-refractivity contribution in [2.24, 2.45) is 0 Å². The molecule has 0 aliphatic heterocycles. The van der Waals surface area contributed by atoms with E-state index in [1.807, 2.05) is 20.9 Å². The molecular weight excluding hydrogens is 697 g/mol. The average molecular weight is 755 g/mol. The Kier molecular flexibility index (Phi) is 11.9. The maximum atomic E-state index is 14.3. The Morgan fingerprint density at radius 2 is 0.836 bits per heavy atom. The lowest BCUT2D eigenvalue weighted by Crippen LogP contribution is -2.15. The van der Waals surface area contributed by atoms with Gasteiger partial charge in [0.2, 0.25) is 0 Å². The van der Waals surface area contributed by atoms with Crippen LogP contribution in [-0.4, -0.2) is 18.8 Å². The molecule has 6 nitrogen and oxygen atoms in total. The van der Waals surface area contributed by atoms with Crippen LogP contribution in [0.1, 0.15) is 153 Å². The number of pyridine rings is 2. The fraction of sp³-hybridized carbons (Fsp3) is 0.500. The first-order chi connectivity index (χ1) is 27.1. The van der Waals surface area contributed by atoms with Gasteiger partial charge >= 0.3 is 0 Å². The normalized spacial score (nSPS) is 12.5. The van der Waals surface area contributed by atoms with Gasteiger partial charge < -0.3 is 0 Å². The molecule has 0 atom stereocenters. The molecule has 0 aliphatic rings. The molecule has 0 N–H and O–H groups in total. The van der Waals surface area contributed by atoms with Crippen LogP contribution in [0.4, 0.5) is 0 Å². The second-order valence-electron chi connectivity index (χ2n) is 16.3. The molecule has 0 fully saturated rings. The van der Waals surface area contributed by atoms with Crippen LogP contribution in [0.15, 0.2) is 58.1 Å². The molecule has 0 spiro atoms. The molecule has 5 heterocycles. The lowest BCUT2D eigenvalue weighted by atomic mass is 10.0. The third-order valence-corrected chi connectivity index (χ3v) is 13.4. The molecule has 3 aromatic carbocycles. The third-order valence-electron chi connectivity index (χ3n) is 12.2. The molecule has 5 aromatic heterocycles. The van der Waals surface area contributed by atoms with Crippen molar-refractivity contribution in [1.29, 1.82) is 0 Å². The fourth-order valence-electron chi connectivity index (χ4n) is 9.09. The first-order valence-corrected chi connectivity index (χ1v) is 22.6. The van der Waals surface area contributed by atoms with E-state index >= 15 is 0 Å². The molecule has 0 saturated carbocycles. The van der Waals surface area contributed by atoms with Crippen molar-refractivity contribution in [2.75, 3.05) is 0 Å². The number of imidazole rings is 2. The summed E-state index contributed by atoms with van der Waals surface area (Å²) in [6.45, 7) is 4.55. The van der Waals surface area contributed by atoms with E-state index in [1.54, 1.807) is 11.3 Å². The summed E-state index contributed by atoms with van der Waals surface area (Å²) in [7, 11) is 0. The first kappa shape index (κ1) is 37.8. The Morgan fingerprint density at radius 3 is 1.22 bits per heavy atom. The van der Waals surface area contributed by atoms with Crippen molar-refractivity contribution in [2.45, 2.75) is 155 Å². The summed E-state index contributed by atoms with van der Waals surface area (Å²) in [5, 5.41) is 2.98. The number of aryl methyl sites for hydroxylation is 2. The Hall–Kier alpha value is -4.10. The lowest BCUT2D eigenvalue weighted by Gasteiger charge is -2.06. The van der Waals surface area contributed by atoms with Gasteiger partial charge in [0, 0.05) is 21.5 Å². The van der Waals surface area contributed by atoms with Gasteiger partial charge in [0.25, 0.3) is 11.1 Å². The summed E-state index contributed by atoms with van der Waals surface area (Å²) < 4.78 is 5.53. The predicted molar refractivity (Wildman–Crippen MR) is 235 cm³/mol. The van der Waals surface area contributed by atoms with E-state index in [2.05, 4.69) is 50.2 Å². The van der Waals surface area contributed by atoms with E-state index in [4.69, 9.17) is 9.97 Å². The molecule has 8 aromatic rings. The highest BCUT2D eigenvalue weighted by Crippen LogP contribution is 2.43. The molecule has 288 valence electrons. The molecule has 0 bridgehead atoms. The Morgan fingerprint density at radius 1 is 0.473 bits per heavy atom. The summed E-state index contributed by atoms with van der Waals surface area (Å²) >= 11 is 1.62. The molecule has 0 saturated heterocycles. The van der Waals surface area contributed by atoms with Gasteiger partial charge in [-0.25, -0.2) is 9.97 Å². The molecule has 0 amide bonds. The number of unbranched alkanes of at least 4 members (excludes halogenated alkanes) is 18. The monoisotopic (exact) mass is 754 g/mol. The van der Waals surface area contributed by atoms with Gasteiger partial charge in [-0.3, -0.25) is 18.4 Å². The van der Waals surface area contributed by atoms with Crippen LogP contribution < -0.4 is 11.1 Å². The van der Waals surface area contributed by atoms with Gasteiger partial charge in [0.1, 0.15) is 0 Å². The zero-order chi connectivity index (χ0) is 37.7. The van der Waals surface area contributed by atoms with E-state index in [0.717, 1.165) is 67.9 Å². The number of rotatable bonds is 22. The highest BCUT2D eigenvalue weighted by atomic mass is 32.1. The largest absolute Gasteiger partial charge is 0.268 e. The molecule has 0 aliphatic carbocycles. The zero-order valence-corrected chi connectivity index (χ0v) is 34.0. The van der Waals surface area contributed by atoms with Crippen LogP contribution in [-0.2, 0) is 12.8 Å². The van der Waals surface area contributed by atoms with Gasteiger partial charge in [-0.1, -0.05) is 142 Å². The summed E-state index contributed by atoms with van der Waals surface area (Å²) in [6.07, 6.45) is 28.4. The molecular formula is C48H58N4O2S. The molecule has 7 heteroatoms. The Balaban J connectivity index is 1.04. The van der Waals surface area contributed by atoms with Gasteiger partial charge in [0.05, 0.1) is 31.5 Å². The van der Waals surface area contributed by atoms with Crippen molar-refractivity contribution in [1.82, 2.24) is 18.8 Å². The van der Waals surface area contributed by atoms with Crippen molar-refractivity contribution >= 4 is 75.6 Å². The number of aromatic nitrogens is 4. The number of benzene rings is 3. The highest BCUT2D eigenvalue weighted by Gasteiger charge is 2.25. The Bertz CT molecular complexity index is 2470. The van der Waals surface area contributed by atoms with E-state index in [-0.39, 0.29) is 11.1 Å².